The van der Waals surface area contributed by atoms with E-state index >= 15 is 0 Å². The lowest BCUT2D eigenvalue weighted by Crippen LogP contribution is -2.65. The molecular formula is C87H68N2O. The highest BCUT2D eigenvalue weighted by molar-refractivity contribution is 6.14. The highest BCUT2D eigenvalue weighted by Crippen LogP contribution is 2.88. The molecule has 3 heteroatoms. The lowest BCUT2D eigenvalue weighted by Gasteiger charge is -2.70. The zero-order chi connectivity index (χ0) is 58.3. The molecule has 8 fully saturated rings. The summed E-state index contributed by atoms with van der Waals surface area (Å²) in [6.07, 6.45) is 18.0. The van der Waals surface area contributed by atoms with E-state index in [0.29, 0.717) is 17.3 Å². The van der Waals surface area contributed by atoms with Gasteiger partial charge in [0.25, 0.3) is 0 Å². The summed E-state index contributed by atoms with van der Waals surface area (Å²) in [5.41, 5.74) is 27.2. The molecule has 6 bridgehead atoms. The van der Waals surface area contributed by atoms with Gasteiger partial charge in [-0.15, -0.1) is 0 Å². The number of nitrogens with zero attached hydrogens (tertiary/aromatic N) is 2. The fraction of sp³-hybridized carbons (Fsp3) is 0.241. The molecule has 3 spiro atoms. The molecule has 11 atom stereocenters. The van der Waals surface area contributed by atoms with Gasteiger partial charge in [0, 0.05) is 60.9 Å². The summed E-state index contributed by atoms with van der Waals surface area (Å²) >= 11 is 0. The van der Waals surface area contributed by atoms with Crippen molar-refractivity contribution in [2.75, 3.05) is 9.80 Å². The molecule has 0 aliphatic heterocycles. The van der Waals surface area contributed by atoms with Gasteiger partial charge < -0.3 is 14.2 Å². The van der Waals surface area contributed by atoms with Crippen molar-refractivity contribution in [1.82, 2.24) is 0 Å². The molecule has 3 nitrogen and oxygen atoms in total. The smallest absolute Gasteiger partial charge is 0.136 e. The minimum absolute atomic E-state index is 0.0886. The van der Waals surface area contributed by atoms with E-state index in [4.69, 9.17) is 4.42 Å². The Balaban J connectivity index is 0.702. The number of hydrogen-bond acceptors (Lipinski definition) is 3. The van der Waals surface area contributed by atoms with E-state index in [0.717, 1.165) is 81.4 Å². The number of hydrogen-bond donors (Lipinski definition) is 0. The molecule has 1 heterocycles. The highest BCUT2D eigenvalue weighted by atomic mass is 16.3. The second-order valence-corrected chi connectivity index (χ2v) is 29.4. The molecule has 11 unspecified atom stereocenters. The average molecular weight is 1160 g/mol. The zero-order valence-corrected chi connectivity index (χ0v) is 50.6. The Morgan fingerprint density at radius 1 is 0.400 bits per heavy atom. The van der Waals surface area contributed by atoms with Crippen LogP contribution in [0.2, 0.25) is 0 Å². The molecule has 1 aromatic heterocycles. The Labute approximate surface area is 526 Å². The maximum Gasteiger partial charge on any atom is 0.136 e. The normalized spacial score (nSPS) is 28.5. The number of fused-ring (bicyclic) bond motifs is 16. The van der Waals surface area contributed by atoms with Crippen LogP contribution in [-0.4, -0.2) is 0 Å². The van der Waals surface area contributed by atoms with E-state index < -0.39 is 0 Å². The molecule has 8 saturated carbocycles. The zero-order valence-electron chi connectivity index (χ0n) is 50.6. The van der Waals surface area contributed by atoms with Gasteiger partial charge in [0.1, 0.15) is 11.2 Å². The van der Waals surface area contributed by atoms with E-state index in [1.807, 2.05) is 0 Å². The van der Waals surface area contributed by atoms with Gasteiger partial charge in [-0.1, -0.05) is 176 Å². The van der Waals surface area contributed by atoms with E-state index in [2.05, 4.69) is 252 Å². The van der Waals surface area contributed by atoms with Gasteiger partial charge in [0.2, 0.25) is 0 Å². The van der Waals surface area contributed by atoms with Crippen LogP contribution in [0.15, 0.2) is 253 Å². The first-order valence-electron chi connectivity index (χ1n) is 34.0. The van der Waals surface area contributed by atoms with Crippen LogP contribution in [0.4, 0.5) is 28.4 Å². The maximum atomic E-state index is 7.16. The van der Waals surface area contributed by atoms with Crippen molar-refractivity contribution >= 4 is 77.5 Å². The predicted octanol–water partition coefficient (Wildman–Crippen LogP) is 22.6. The molecule has 11 aliphatic carbocycles. The van der Waals surface area contributed by atoms with Crippen molar-refractivity contribution in [3.63, 3.8) is 0 Å². The average Bonchev–Trinajstić information content (AvgIpc) is 1.45. The van der Waals surface area contributed by atoms with Crippen LogP contribution in [0.3, 0.4) is 0 Å². The SMILES string of the molecule is C1=CC(c2ccccc2)=C(N(c2ccc3cc4c(cc3c2)oc2cc3cc(N(c5ccccc5-c5ccccc5)c5cccc6c5-c5ccccc5C65C6CC7CC8CC5C78C6)ccc3cc24)c2cccc3c2-c2ccccc2C32C3CC4CC(C3)C2C4)CC1. The first kappa shape index (κ1) is 49.7. The summed E-state index contributed by atoms with van der Waals surface area (Å²) in [5, 5.41) is 7.07. The Bertz CT molecular complexity index is 5200. The Morgan fingerprint density at radius 2 is 0.978 bits per heavy atom. The summed E-state index contributed by atoms with van der Waals surface area (Å²) in [5.74, 6) is 6.50. The fourth-order valence-corrected chi connectivity index (χ4v) is 23.3. The second-order valence-electron chi connectivity index (χ2n) is 29.4. The van der Waals surface area contributed by atoms with Crippen LogP contribution in [0, 0.1) is 52.8 Å². The second kappa shape index (κ2) is 17.6. The van der Waals surface area contributed by atoms with Crippen LogP contribution >= 0.6 is 0 Å². The van der Waals surface area contributed by atoms with Crippen LogP contribution in [-0.2, 0) is 10.8 Å². The van der Waals surface area contributed by atoms with E-state index in [-0.39, 0.29) is 10.8 Å². The van der Waals surface area contributed by atoms with Crippen LogP contribution in [0.5, 0.6) is 0 Å². The third-order valence-electron chi connectivity index (χ3n) is 26.2. The fourth-order valence-electron chi connectivity index (χ4n) is 23.3. The topological polar surface area (TPSA) is 19.6 Å². The van der Waals surface area contributed by atoms with Crippen LogP contribution in [0.25, 0.3) is 82.4 Å². The van der Waals surface area contributed by atoms with E-state index in [9.17, 15) is 0 Å². The summed E-state index contributed by atoms with van der Waals surface area (Å²) in [6.45, 7) is 0. The number of rotatable bonds is 8. The van der Waals surface area contributed by atoms with Crippen molar-refractivity contribution in [2.45, 2.75) is 75.0 Å². The van der Waals surface area contributed by atoms with Gasteiger partial charge in [0.15, 0.2) is 0 Å². The number of para-hydroxylation sites is 1. The van der Waals surface area contributed by atoms with Gasteiger partial charge in [0.05, 0.1) is 17.1 Å². The Kier molecular flexibility index (Phi) is 9.72. The first-order chi connectivity index (χ1) is 44.5. The van der Waals surface area contributed by atoms with Crippen LogP contribution < -0.4 is 9.80 Å². The molecule has 0 radical (unpaired) electrons. The lowest BCUT2D eigenvalue weighted by atomic mass is 9.34. The third kappa shape index (κ3) is 6.10. The summed E-state index contributed by atoms with van der Waals surface area (Å²) in [4.78, 5) is 5.29. The van der Waals surface area contributed by atoms with Crippen molar-refractivity contribution in [3.05, 3.63) is 276 Å². The molecule has 90 heavy (non-hydrogen) atoms. The summed E-state index contributed by atoms with van der Waals surface area (Å²) in [6, 6.07) is 89.1. The van der Waals surface area contributed by atoms with Crippen molar-refractivity contribution in [3.8, 4) is 33.4 Å². The summed E-state index contributed by atoms with van der Waals surface area (Å²) in [7, 11) is 0. The van der Waals surface area contributed by atoms with Gasteiger partial charge in [-0.2, -0.15) is 0 Å². The molecule has 23 rings (SSSR count). The molecule has 0 saturated heterocycles. The van der Waals surface area contributed by atoms with E-state index in [1.165, 1.54) is 140 Å². The number of anilines is 5. The number of furan rings is 1. The number of allylic oxidation sites excluding steroid dienone is 4. The Morgan fingerprint density at radius 3 is 1.67 bits per heavy atom. The lowest BCUT2D eigenvalue weighted by molar-refractivity contribution is -0.193. The molecule has 11 aromatic carbocycles. The molecule has 12 aromatic rings. The maximum absolute atomic E-state index is 7.16. The quantitative estimate of drug-likeness (QED) is 0.151. The van der Waals surface area contributed by atoms with E-state index in [1.54, 1.807) is 22.3 Å². The van der Waals surface area contributed by atoms with Crippen molar-refractivity contribution < 1.29 is 4.42 Å². The minimum atomic E-state index is 0.0886. The predicted molar refractivity (Wildman–Crippen MR) is 369 cm³/mol. The number of benzene rings is 11. The van der Waals surface area contributed by atoms with Crippen molar-refractivity contribution in [1.29, 1.82) is 0 Å². The van der Waals surface area contributed by atoms with Gasteiger partial charge in [-0.05, 0) is 250 Å². The van der Waals surface area contributed by atoms with Crippen molar-refractivity contribution in [2.24, 2.45) is 52.8 Å². The Hall–Kier alpha value is -9.18. The molecule has 0 amide bonds. The first-order valence-corrected chi connectivity index (χ1v) is 34.0. The monoisotopic (exact) mass is 1160 g/mol. The highest BCUT2D eigenvalue weighted by Gasteiger charge is 2.82. The molecule has 11 aliphatic rings. The summed E-state index contributed by atoms with van der Waals surface area (Å²) < 4.78 is 7.16. The van der Waals surface area contributed by atoms with Gasteiger partial charge >= 0.3 is 0 Å². The molecular weight excluding hydrogens is 1090 g/mol. The third-order valence-corrected chi connectivity index (χ3v) is 26.2. The minimum Gasteiger partial charge on any atom is -0.456 e. The largest absolute Gasteiger partial charge is 0.456 e. The molecule has 432 valence electrons. The standard InChI is InChI=1S/C87H68N2O/c1-3-17-52(18-4-1)65-21-9-13-29-76(65)88(78-31-15-27-73-83(78)67-23-7-11-25-71(67)86(73)61-38-51-37-58(40-61)75(86)39-51)63-35-33-54-43-69-70-44-55-34-36-64(42-57(55)46-81(70)90-80(69)45-56(54)41-63)89(77-30-14-10-22-66(77)53-19-5-2-6-20-53)79-32-16-28-74-84(79)68-24-8-12-26-72(68)87(74)62-48-59-47-60-49-82(87)85(59,60)50-62/h1-12,14-28,30-36,41-46,51,58-62,75,82H,13,29,37-40,47-50H2. The van der Waals surface area contributed by atoms with Crippen LogP contribution in [0.1, 0.15) is 92.0 Å². The van der Waals surface area contributed by atoms with Gasteiger partial charge in [-0.3, -0.25) is 0 Å². The molecule has 0 N–H and O–H groups in total. The van der Waals surface area contributed by atoms with Gasteiger partial charge in [-0.25, -0.2) is 0 Å².